The van der Waals surface area contributed by atoms with Crippen molar-refractivity contribution in [2.75, 3.05) is 9.80 Å². The summed E-state index contributed by atoms with van der Waals surface area (Å²) >= 11 is 0. The lowest BCUT2D eigenvalue weighted by Crippen LogP contribution is -2.37. The molecular weight excluding hydrogens is 1160 g/mol. The maximum Gasteiger partial charge on any atom is 0.229 e. The van der Waals surface area contributed by atoms with Gasteiger partial charge in [-0.3, -0.25) is 0 Å². The average molecular weight is 1210 g/mol. The van der Waals surface area contributed by atoms with Crippen LogP contribution in [0.2, 0.25) is 39.3 Å². The predicted molar refractivity (Wildman–Crippen MR) is 388 cm³/mol. The van der Waals surface area contributed by atoms with Crippen molar-refractivity contribution in [3.63, 3.8) is 0 Å². The second-order valence-electron chi connectivity index (χ2n) is 26.9. The second-order valence-corrected chi connectivity index (χ2v) is 37.0. The summed E-state index contributed by atoms with van der Waals surface area (Å²) in [5.74, 6) is 0. The van der Waals surface area contributed by atoms with E-state index in [4.69, 9.17) is 15.4 Å². The highest BCUT2D eigenvalue weighted by Crippen LogP contribution is 2.66. The van der Waals surface area contributed by atoms with E-state index in [-0.39, 0.29) is 0 Å². The maximum absolute atomic E-state index is 10.5. The van der Waals surface area contributed by atoms with Crippen LogP contribution in [0, 0.1) is 17.9 Å². The smallest absolute Gasteiger partial charge is 0.229 e. The Morgan fingerprint density at radius 2 is 0.837 bits per heavy atom. The number of rotatable bonds is 8. The number of nitriles is 1. The number of para-hydroxylation sites is 7. The third-order valence-electron chi connectivity index (χ3n) is 19.9. The van der Waals surface area contributed by atoms with E-state index in [0.29, 0.717) is 33.6 Å². The van der Waals surface area contributed by atoms with Crippen molar-refractivity contribution in [2.24, 2.45) is 0 Å². The van der Waals surface area contributed by atoms with Crippen LogP contribution < -0.4 is 20.2 Å². The average Bonchev–Trinajstić information content (AvgIpc) is 1.47. The van der Waals surface area contributed by atoms with Gasteiger partial charge in [0.1, 0.15) is 11.7 Å². The Bertz CT molecular complexity index is 5680. The first kappa shape index (κ1) is 53.8. The number of fused-ring (bicyclic) bond motifs is 22. The van der Waals surface area contributed by atoms with Gasteiger partial charge in [-0.25, -0.2) is 4.85 Å². The van der Waals surface area contributed by atoms with Crippen LogP contribution in [-0.4, -0.2) is 20.7 Å². The fourth-order valence-electron chi connectivity index (χ4n) is 15.8. The van der Waals surface area contributed by atoms with Crippen LogP contribution in [0.3, 0.4) is 0 Å². The Labute approximate surface area is 534 Å². The molecule has 16 aromatic rings. The molecule has 1 unspecified atom stereocenters. The zero-order valence-electron chi connectivity index (χ0n) is 51.7. The van der Waals surface area contributed by atoms with Crippen LogP contribution >= 0.6 is 0 Å². The SMILES string of the molecule is [C-]#[N+]c1cccc2c1oc1c(N(c3ccc([Si](C)(C)C)cc3)c3cc4c(c5ccccc35)-c3c(cc(N(c5ccc([Si](C)(C)C)cc5)c5cccc6c5oc5c(C#N)cccc56)c5ccccc35)C43c4ccccc4-n4c5ccccc5c5cccc3c54)cccc12. The van der Waals surface area contributed by atoms with Gasteiger partial charge in [-0.1, -0.05) is 232 Å². The van der Waals surface area contributed by atoms with Gasteiger partial charge in [-0.15, -0.1) is 0 Å². The van der Waals surface area contributed by atoms with Gasteiger partial charge in [0.25, 0.3) is 0 Å². The van der Waals surface area contributed by atoms with Gasteiger partial charge in [-0.05, 0) is 111 Å². The number of hydrogen-bond donors (Lipinski definition) is 0. The van der Waals surface area contributed by atoms with Crippen LogP contribution in [-0.2, 0) is 5.41 Å². The molecule has 436 valence electrons. The summed E-state index contributed by atoms with van der Waals surface area (Å²) in [5.41, 5.74) is 18.9. The fourth-order valence-corrected chi connectivity index (χ4v) is 18.1. The lowest BCUT2D eigenvalue weighted by molar-refractivity contribution is 0.668. The Morgan fingerprint density at radius 1 is 0.402 bits per heavy atom. The van der Waals surface area contributed by atoms with Gasteiger partial charge in [0.2, 0.25) is 5.69 Å². The van der Waals surface area contributed by atoms with Crippen molar-refractivity contribution < 1.29 is 8.83 Å². The van der Waals surface area contributed by atoms with Crippen LogP contribution in [0.15, 0.2) is 258 Å². The topological polar surface area (TPSA) is 65.8 Å². The third-order valence-corrected chi connectivity index (χ3v) is 24.1. The van der Waals surface area contributed by atoms with Crippen molar-refractivity contribution >= 4 is 154 Å². The lowest BCUT2D eigenvalue weighted by Gasteiger charge is -2.40. The number of aromatic nitrogens is 1. The minimum Gasteiger partial charge on any atom is -0.465 e. The summed E-state index contributed by atoms with van der Waals surface area (Å²) in [6.07, 6.45) is 0. The highest BCUT2D eigenvalue weighted by molar-refractivity contribution is 6.89. The minimum absolute atomic E-state index is 0.483. The standard InChI is InChI=1S/C83H59N5O2Si2/c1-85-69-34-18-29-62-64-31-20-38-73(82(64)90-80(62)69)87(52-41-45-54(46-42-52)92(5,6)7)75-48-68-77(59-26-11-9-23-56(59)75)76-58-25-10-8-22-55(58)74(47-67(76)83(68)65-32-13-15-36-71(65)88-70-35-14-12-24-57(70)60-27-17-33-66(83)78(60)88)86(51-39-43-53(44-40-51)91(2,3)4)72-37-19-30-63-61-28-16-21-50(49-84)79(61)89-81(63)72/h8-48H,2-7H3. The molecule has 9 heteroatoms. The van der Waals surface area contributed by atoms with Gasteiger partial charge in [-0.2, -0.15) is 5.26 Å². The molecule has 0 radical (unpaired) electrons. The molecule has 1 atom stereocenters. The molecule has 0 saturated carbocycles. The summed E-state index contributed by atoms with van der Waals surface area (Å²) in [7, 11) is -3.49. The fraction of sp³-hybridized carbons (Fsp3) is 0.0843. The molecular formula is C83H59N5O2Si2. The van der Waals surface area contributed by atoms with Crippen LogP contribution in [0.4, 0.5) is 39.8 Å². The van der Waals surface area contributed by atoms with Gasteiger partial charge in [0, 0.05) is 54.5 Å². The summed E-state index contributed by atoms with van der Waals surface area (Å²) in [6, 6.07) is 93.7. The van der Waals surface area contributed by atoms with E-state index < -0.39 is 21.6 Å². The molecule has 13 aromatic carbocycles. The first-order valence-corrected chi connectivity index (χ1v) is 38.6. The highest BCUT2D eigenvalue weighted by Gasteiger charge is 2.53. The maximum atomic E-state index is 10.5. The Balaban J connectivity index is 1.02. The molecule has 1 aliphatic carbocycles. The third kappa shape index (κ3) is 7.35. The molecule has 0 fully saturated rings. The van der Waals surface area contributed by atoms with Crippen LogP contribution in [0.5, 0.6) is 0 Å². The molecule has 1 aliphatic heterocycles. The van der Waals surface area contributed by atoms with Crippen LogP contribution in [0.25, 0.3) is 109 Å². The number of anilines is 6. The first-order chi connectivity index (χ1) is 44.8. The monoisotopic (exact) mass is 1210 g/mol. The molecule has 18 rings (SSSR count). The zero-order chi connectivity index (χ0) is 62.1. The second kappa shape index (κ2) is 19.4. The zero-order valence-corrected chi connectivity index (χ0v) is 53.7. The van der Waals surface area contributed by atoms with E-state index in [9.17, 15) is 5.26 Å². The van der Waals surface area contributed by atoms with Gasteiger partial charge in [0.05, 0.1) is 73.2 Å². The van der Waals surface area contributed by atoms with E-state index in [1.54, 1.807) is 0 Å². The molecule has 0 bridgehead atoms. The Kier molecular flexibility index (Phi) is 11.3. The van der Waals surface area contributed by atoms with Crippen molar-refractivity contribution in [1.29, 1.82) is 5.26 Å². The molecule has 3 aromatic heterocycles. The minimum atomic E-state index is -1.75. The number of benzene rings is 13. The predicted octanol–water partition coefficient (Wildman–Crippen LogP) is 22.0. The molecule has 92 heavy (non-hydrogen) atoms. The first-order valence-electron chi connectivity index (χ1n) is 31.6. The lowest BCUT2D eigenvalue weighted by atomic mass is 9.65. The van der Waals surface area contributed by atoms with E-state index in [1.807, 2.05) is 24.3 Å². The molecule has 2 aliphatic rings. The molecule has 7 nitrogen and oxygen atoms in total. The van der Waals surface area contributed by atoms with E-state index in [1.165, 1.54) is 60.0 Å². The summed E-state index contributed by atoms with van der Waals surface area (Å²) < 4.78 is 16.7. The Hall–Kier alpha value is -11.2. The highest BCUT2D eigenvalue weighted by atomic mass is 28.3. The van der Waals surface area contributed by atoms with Crippen molar-refractivity contribution in [3.8, 4) is 22.9 Å². The summed E-state index contributed by atoms with van der Waals surface area (Å²) in [6.45, 7) is 22.7. The van der Waals surface area contributed by atoms with Gasteiger partial charge < -0.3 is 23.2 Å². The molecule has 0 amide bonds. The van der Waals surface area contributed by atoms with Crippen molar-refractivity contribution in [3.05, 3.63) is 288 Å². The summed E-state index contributed by atoms with van der Waals surface area (Å²) in [5, 5.41) is 23.8. The van der Waals surface area contributed by atoms with Crippen molar-refractivity contribution in [2.45, 2.75) is 44.7 Å². The van der Waals surface area contributed by atoms with E-state index >= 15 is 0 Å². The molecule has 4 heterocycles. The molecule has 0 saturated heterocycles. The van der Waals surface area contributed by atoms with Crippen molar-refractivity contribution in [1.82, 2.24) is 4.57 Å². The summed E-state index contributed by atoms with van der Waals surface area (Å²) in [4.78, 5) is 8.83. The van der Waals surface area contributed by atoms with Crippen LogP contribution in [0.1, 0.15) is 27.8 Å². The van der Waals surface area contributed by atoms with E-state index in [0.717, 1.165) is 88.4 Å². The molecule has 0 N–H and O–H groups in total. The number of hydrogen-bond acceptors (Lipinski definition) is 5. The number of nitrogens with zero attached hydrogens (tertiary/aromatic N) is 5. The van der Waals surface area contributed by atoms with Gasteiger partial charge in [0.15, 0.2) is 16.7 Å². The van der Waals surface area contributed by atoms with Gasteiger partial charge >= 0.3 is 0 Å². The quantitative estimate of drug-likeness (QED) is 0.112. The normalized spacial score (nSPS) is 14.2. The molecule has 1 spiro atoms. The van der Waals surface area contributed by atoms with E-state index in [2.05, 4.69) is 289 Å². The largest absolute Gasteiger partial charge is 0.465 e. The Morgan fingerprint density at radius 3 is 1.39 bits per heavy atom. The number of furan rings is 2.